The van der Waals surface area contributed by atoms with Crippen molar-refractivity contribution in [1.29, 1.82) is 0 Å². The fourth-order valence-electron chi connectivity index (χ4n) is 3.44. The highest BCUT2D eigenvalue weighted by Gasteiger charge is 2.20. The molecule has 2 heterocycles. The minimum absolute atomic E-state index is 0.142. The lowest BCUT2D eigenvalue weighted by atomic mass is 9.94. The van der Waals surface area contributed by atoms with Gasteiger partial charge in [0.15, 0.2) is 11.5 Å². The molecule has 4 aromatic rings. The molecule has 26 heavy (non-hydrogen) atoms. The van der Waals surface area contributed by atoms with Crippen LogP contribution in [0.2, 0.25) is 0 Å². The quantitative estimate of drug-likeness (QED) is 0.580. The van der Waals surface area contributed by atoms with E-state index in [1.54, 1.807) is 6.07 Å². The monoisotopic (exact) mass is 341 g/mol. The van der Waals surface area contributed by atoms with Gasteiger partial charge < -0.3 is 14.5 Å². The lowest BCUT2D eigenvalue weighted by Crippen LogP contribution is -2.09. The smallest absolute Gasteiger partial charge is 0.256 e. The van der Waals surface area contributed by atoms with Gasteiger partial charge in [-0.2, -0.15) is 0 Å². The molecule has 0 saturated carbocycles. The first-order valence-electron chi connectivity index (χ1n) is 8.42. The van der Waals surface area contributed by atoms with Gasteiger partial charge in [0.25, 0.3) is 5.56 Å². The molecule has 1 N–H and O–H groups in total. The third kappa shape index (κ3) is 2.27. The van der Waals surface area contributed by atoms with Crippen LogP contribution in [0, 0.1) is 0 Å². The molecule has 4 nitrogen and oxygen atoms in total. The standard InChI is InChI=1S/C22H15NO3/c24-22-17-12-19-18(25-13-26-19)11-16(17)20(14-7-3-1-4-8-14)21(23-22)15-9-5-2-6-10-15/h1-12H,13H2,(H,23,24). The summed E-state index contributed by atoms with van der Waals surface area (Å²) in [6.45, 7) is 0.176. The predicted octanol–water partition coefficient (Wildman–Crippen LogP) is 4.59. The molecule has 0 radical (unpaired) electrons. The lowest BCUT2D eigenvalue weighted by molar-refractivity contribution is 0.174. The second-order valence-electron chi connectivity index (χ2n) is 6.19. The number of pyridine rings is 1. The Morgan fingerprint density at radius 2 is 1.31 bits per heavy atom. The van der Waals surface area contributed by atoms with Gasteiger partial charge in [-0.05, 0) is 23.3 Å². The Hall–Kier alpha value is -3.53. The van der Waals surface area contributed by atoms with Gasteiger partial charge >= 0.3 is 0 Å². The van der Waals surface area contributed by atoms with Gasteiger partial charge in [-0.15, -0.1) is 0 Å². The van der Waals surface area contributed by atoms with Crippen LogP contribution in [-0.4, -0.2) is 11.8 Å². The van der Waals surface area contributed by atoms with Crippen molar-refractivity contribution in [3.05, 3.63) is 83.2 Å². The van der Waals surface area contributed by atoms with Gasteiger partial charge in [-0.1, -0.05) is 60.7 Å². The molecule has 0 saturated heterocycles. The second-order valence-corrected chi connectivity index (χ2v) is 6.19. The van der Waals surface area contributed by atoms with E-state index >= 15 is 0 Å². The minimum atomic E-state index is -0.142. The zero-order chi connectivity index (χ0) is 17.5. The van der Waals surface area contributed by atoms with Gasteiger partial charge in [0.05, 0.1) is 11.1 Å². The summed E-state index contributed by atoms with van der Waals surface area (Å²) >= 11 is 0. The maximum Gasteiger partial charge on any atom is 0.256 e. The van der Waals surface area contributed by atoms with Crippen molar-refractivity contribution in [1.82, 2.24) is 4.98 Å². The van der Waals surface area contributed by atoms with E-state index in [0.29, 0.717) is 16.9 Å². The summed E-state index contributed by atoms with van der Waals surface area (Å²) in [5.41, 5.74) is 3.63. The number of aromatic amines is 1. The maximum absolute atomic E-state index is 12.8. The van der Waals surface area contributed by atoms with Gasteiger partial charge in [0.2, 0.25) is 6.79 Å². The molecule has 1 aromatic heterocycles. The molecule has 1 aliphatic heterocycles. The van der Waals surface area contributed by atoms with E-state index in [0.717, 1.165) is 27.8 Å². The first kappa shape index (κ1) is 14.8. The van der Waals surface area contributed by atoms with Crippen molar-refractivity contribution < 1.29 is 9.47 Å². The van der Waals surface area contributed by atoms with Crippen LogP contribution in [0.15, 0.2) is 77.6 Å². The number of ether oxygens (including phenoxy) is 2. The Kier molecular flexibility index (Phi) is 3.28. The molecule has 0 spiro atoms. The summed E-state index contributed by atoms with van der Waals surface area (Å²) in [6, 6.07) is 23.6. The maximum atomic E-state index is 12.8. The van der Waals surface area contributed by atoms with Gasteiger partial charge in [-0.3, -0.25) is 4.79 Å². The Balaban J connectivity index is 1.93. The van der Waals surface area contributed by atoms with Crippen molar-refractivity contribution in [2.75, 3.05) is 6.79 Å². The molecular weight excluding hydrogens is 326 g/mol. The number of hydrogen-bond acceptors (Lipinski definition) is 3. The van der Waals surface area contributed by atoms with Crippen LogP contribution in [0.25, 0.3) is 33.2 Å². The first-order chi connectivity index (χ1) is 12.8. The van der Waals surface area contributed by atoms with Gasteiger partial charge in [-0.25, -0.2) is 0 Å². The number of H-pyrrole nitrogens is 1. The van der Waals surface area contributed by atoms with Crippen LogP contribution in [-0.2, 0) is 0 Å². The van der Waals surface area contributed by atoms with E-state index in [2.05, 4.69) is 4.98 Å². The zero-order valence-corrected chi connectivity index (χ0v) is 13.9. The third-order valence-electron chi connectivity index (χ3n) is 4.64. The van der Waals surface area contributed by atoms with E-state index < -0.39 is 0 Å². The zero-order valence-electron chi connectivity index (χ0n) is 13.9. The number of hydrogen-bond donors (Lipinski definition) is 1. The lowest BCUT2D eigenvalue weighted by Gasteiger charge is -2.14. The molecule has 0 fully saturated rings. The summed E-state index contributed by atoms with van der Waals surface area (Å²) in [7, 11) is 0. The average molecular weight is 341 g/mol. The molecule has 3 aromatic carbocycles. The van der Waals surface area contributed by atoms with Crippen molar-refractivity contribution in [2.45, 2.75) is 0 Å². The van der Waals surface area contributed by atoms with Crippen molar-refractivity contribution in [2.24, 2.45) is 0 Å². The van der Waals surface area contributed by atoms with Crippen LogP contribution < -0.4 is 15.0 Å². The van der Waals surface area contributed by atoms with Crippen LogP contribution in [0.4, 0.5) is 0 Å². The minimum Gasteiger partial charge on any atom is -0.454 e. The number of rotatable bonds is 2. The Morgan fingerprint density at radius 3 is 1.96 bits per heavy atom. The molecule has 0 amide bonds. The van der Waals surface area contributed by atoms with E-state index in [4.69, 9.17) is 9.47 Å². The summed E-state index contributed by atoms with van der Waals surface area (Å²) < 4.78 is 11.0. The van der Waals surface area contributed by atoms with Crippen LogP contribution in [0.1, 0.15) is 0 Å². The molecule has 0 bridgehead atoms. The van der Waals surface area contributed by atoms with E-state index in [1.807, 2.05) is 66.7 Å². The Labute approximate surface area is 149 Å². The summed E-state index contributed by atoms with van der Waals surface area (Å²) in [5, 5.41) is 1.44. The summed E-state index contributed by atoms with van der Waals surface area (Å²) in [5.74, 6) is 1.27. The fraction of sp³-hybridized carbons (Fsp3) is 0.0455. The molecule has 0 aliphatic carbocycles. The predicted molar refractivity (Wildman–Crippen MR) is 102 cm³/mol. The summed E-state index contributed by atoms with van der Waals surface area (Å²) in [4.78, 5) is 15.9. The highest BCUT2D eigenvalue weighted by atomic mass is 16.7. The van der Waals surface area contributed by atoms with E-state index in [9.17, 15) is 4.79 Å². The van der Waals surface area contributed by atoms with Crippen LogP contribution in [0.5, 0.6) is 11.5 Å². The van der Waals surface area contributed by atoms with Gasteiger partial charge in [0, 0.05) is 10.9 Å². The molecule has 5 rings (SSSR count). The molecular formula is C22H15NO3. The number of benzene rings is 3. The number of aromatic nitrogens is 1. The summed E-state index contributed by atoms with van der Waals surface area (Å²) in [6.07, 6.45) is 0. The van der Waals surface area contributed by atoms with Crippen LogP contribution in [0.3, 0.4) is 0 Å². The molecule has 4 heteroatoms. The number of nitrogens with one attached hydrogen (secondary N) is 1. The highest BCUT2D eigenvalue weighted by molar-refractivity contribution is 6.03. The SMILES string of the molecule is O=c1[nH]c(-c2ccccc2)c(-c2ccccc2)c2cc3c(cc12)OCO3. The first-order valence-corrected chi connectivity index (χ1v) is 8.42. The third-order valence-corrected chi connectivity index (χ3v) is 4.64. The topological polar surface area (TPSA) is 51.3 Å². The normalized spacial score (nSPS) is 12.5. The van der Waals surface area contributed by atoms with Crippen molar-refractivity contribution >= 4 is 10.8 Å². The van der Waals surface area contributed by atoms with E-state index in [1.165, 1.54) is 0 Å². The Morgan fingerprint density at radius 1 is 0.731 bits per heavy atom. The molecule has 126 valence electrons. The average Bonchev–Trinajstić information content (AvgIpc) is 3.15. The van der Waals surface area contributed by atoms with Gasteiger partial charge in [0.1, 0.15) is 0 Å². The van der Waals surface area contributed by atoms with E-state index in [-0.39, 0.29) is 12.4 Å². The molecule has 0 unspecified atom stereocenters. The molecule has 0 atom stereocenters. The molecule has 1 aliphatic rings. The van der Waals surface area contributed by atoms with Crippen molar-refractivity contribution in [3.8, 4) is 33.9 Å². The van der Waals surface area contributed by atoms with Crippen molar-refractivity contribution in [3.63, 3.8) is 0 Å². The Bertz CT molecular complexity index is 1160. The van der Waals surface area contributed by atoms with Crippen LogP contribution >= 0.6 is 0 Å². The largest absolute Gasteiger partial charge is 0.454 e. The second kappa shape index (κ2) is 5.77. The highest BCUT2D eigenvalue weighted by Crippen LogP contribution is 2.41. The fourth-order valence-corrected chi connectivity index (χ4v) is 3.44. The number of fused-ring (bicyclic) bond motifs is 2.